The monoisotopic (exact) mass is 169 g/mol. The van der Waals surface area contributed by atoms with Gasteiger partial charge in [-0.2, -0.15) is 0 Å². The van der Waals surface area contributed by atoms with Crippen molar-refractivity contribution in [3.05, 3.63) is 17.8 Å². The first-order chi connectivity index (χ1) is 5.77. The van der Waals surface area contributed by atoms with Gasteiger partial charge in [0, 0.05) is 6.42 Å². The number of carbonyl (C=O) groups is 1. The summed E-state index contributed by atoms with van der Waals surface area (Å²) in [5.74, 6) is 0.124. The van der Waals surface area contributed by atoms with E-state index >= 15 is 0 Å². The average Bonchev–Trinajstić information content (AvgIpc) is 2.52. The van der Waals surface area contributed by atoms with Crippen molar-refractivity contribution in [2.45, 2.75) is 20.3 Å². The molecule has 0 aliphatic heterocycles. The molecule has 4 heteroatoms. The molecule has 1 aromatic heterocycles. The highest BCUT2D eigenvalue weighted by Gasteiger charge is 2.11. The summed E-state index contributed by atoms with van der Waals surface area (Å²) < 4.78 is 9.69. The lowest BCUT2D eigenvalue weighted by atomic mass is 10.5. The predicted octanol–water partition coefficient (Wildman–Crippen LogP) is 1.41. The van der Waals surface area contributed by atoms with E-state index in [2.05, 4.69) is 4.98 Å². The molecular weight excluding hydrogens is 158 g/mol. The van der Waals surface area contributed by atoms with E-state index in [9.17, 15) is 4.79 Å². The summed E-state index contributed by atoms with van der Waals surface area (Å²) >= 11 is 0. The number of hydrogen-bond donors (Lipinski definition) is 0. The first-order valence-electron chi connectivity index (χ1n) is 3.89. The van der Waals surface area contributed by atoms with E-state index in [1.165, 1.54) is 6.26 Å². The first kappa shape index (κ1) is 8.77. The Morgan fingerprint density at radius 1 is 1.67 bits per heavy atom. The predicted molar refractivity (Wildman–Crippen MR) is 41.8 cm³/mol. The van der Waals surface area contributed by atoms with E-state index in [4.69, 9.17) is 9.15 Å². The fourth-order valence-corrected chi connectivity index (χ4v) is 0.772. The molecule has 0 fully saturated rings. The normalized spacial score (nSPS) is 9.83. The second-order valence-electron chi connectivity index (χ2n) is 2.20. The lowest BCUT2D eigenvalue weighted by Gasteiger charge is -1.94. The molecule has 0 aromatic carbocycles. The number of aromatic nitrogens is 1. The molecule has 66 valence electrons. The average molecular weight is 169 g/mol. The van der Waals surface area contributed by atoms with Crippen molar-refractivity contribution in [2.24, 2.45) is 0 Å². The molecule has 1 rings (SSSR count). The molecule has 0 radical (unpaired) electrons. The Kier molecular flexibility index (Phi) is 2.85. The number of aryl methyl sites for hydroxylation is 1. The van der Waals surface area contributed by atoms with Crippen LogP contribution >= 0.6 is 0 Å². The number of ether oxygens (including phenoxy) is 1. The van der Waals surface area contributed by atoms with Crippen LogP contribution in [0.4, 0.5) is 0 Å². The molecule has 12 heavy (non-hydrogen) atoms. The zero-order chi connectivity index (χ0) is 8.97. The van der Waals surface area contributed by atoms with Crippen LogP contribution in [0.5, 0.6) is 0 Å². The van der Waals surface area contributed by atoms with Gasteiger partial charge < -0.3 is 9.15 Å². The quantitative estimate of drug-likeness (QED) is 0.642. The third kappa shape index (κ3) is 1.84. The fourth-order valence-electron chi connectivity index (χ4n) is 0.772. The molecule has 1 heterocycles. The molecule has 0 bridgehead atoms. The van der Waals surface area contributed by atoms with Gasteiger partial charge in [0.05, 0.1) is 6.61 Å². The van der Waals surface area contributed by atoms with E-state index in [1.807, 2.05) is 6.92 Å². The minimum Gasteiger partial charge on any atom is -0.461 e. The van der Waals surface area contributed by atoms with Crippen molar-refractivity contribution in [3.8, 4) is 0 Å². The molecule has 0 saturated carbocycles. The SMILES string of the molecule is CCOC(=O)c1coc(CC)n1. The molecule has 0 atom stereocenters. The number of oxazole rings is 1. The number of rotatable bonds is 3. The van der Waals surface area contributed by atoms with Crippen LogP contribution in [0.1, 0.15) is 30.2 Å². The largest absolute Gasteiger partial charge is 0.461 e. The van der Waals surface area contributed by atoms with Gasteiger partial charge in [0.1, 0.15) is 6.26 Å². The van der Waals surface area contributed by atoms with Gasteiger partial charge in [0.2, 0.25) is 0 Å². The van der Waals surface area contributed by atoms with Gasteiger partial charge in [-0.1, -0.05) is 6.92 Å². The number of esters is 1. The van der Waals surface area contributed by atoms with Crippen molar-refractivity contribution in [2.75, 3.05) is 6.61 Å². The zero-order valence-corrected chi connectivity index (χ0v) is 7.16. The Hall–Kier alpha value is -1.32. The lowest BCUT2D eigenvalue weighted by Crippen LogP contribution is -2.04. The lowest BCUT2D eigenvalue weighted by molar-refractivity contribution is 0.0519. The standard InChI is InChI=1S/C8H11NO3/c1-3-7-9-6(5-12-7)8(10)11-4-2/h5H,3-4H2,1-2H3. The smallest absolute Gasteiger partial charge is 0.360 e. The summed E-state index contributed by atoms with van der Waals surface area (Å²) in [7, 11) is 0. The number of carbonyl (C=O) groups excluding carboxylic acids is 1. The second kappa shape index (κ2) is 3.90. The van der Waals surface area contributed by atoms with Crippen molar-refractivity contribution >= 4 is 5.97 Å². The van der Waals surface area contributed by atoms with Crippen molar-refractivity contribution in [3.63, 3.8) is 0 Å². The van der Waals surface area contributed by atoms with Gasteiger partial charge in [0.25, 0.3) is 0 Å². The Morgan fingerprint density at radius 3 is 2.92 bits per heavy atom. The van der Waals surface area contributed by atoms with Crippen LogP contribution in [0.3, 0.4) is 0 Å². The topological polar surface area (TPSA) is 52.3 Å². The molecule has 0 N–H and O–H groups in total. The summed E-state index contributed by atoms with van der Waals surface area (Å²) in [4.78, 5) is 14.9. The van der Waals surface area contributed by atoms with Gasteiger partial charge in [-0.15, -0.1) is 0 Å². The van der Waals surface area contributed by atoms with Crippen molar-refractivity contribution < 1.29 is 13.9 Å². The highest BCUT2D eigenvalue weighted by Crippen LogP contribution is 2.03. The maximum Gasteiger partial charge on any atom is 0.360 e. The Bertz CT molecular complexity index is 267. The fraction of sp³-hybridized carbons (Fsp3) is 0.500. The van der Waals surface area contributed by atoms with E-state index < -0.39 is 5.97 Å². The van der Waals surface area contributed by atoms with E-state index in [0.29, 0.717) is 18.9 Å². The van der Waals surface area contributed by atoms with Crippen LogP contribution in [0.25, 0.3) is 0 Å². The molecule has 0 aliphatic carbocycles. The van der Waals surface area contributed by atoms with Gasteiger partial charge >= 0.3 is 5.97 Å². The molecule has 1 aromatic rings. The molecule has 0 saturated heterocycles. The summed E-state index contributed by atoms with van der Waals surface area (Å²) in [6.07, 6.45) is 2.00. The molecule has 4 nitrogen and oxygen atoms in total. The van der Waals surface area contributed by atoms with Crippen LogP contribution in [-0.4, -0.2) is 17.6 Å². The molecule has 0 amide bonds. The molecular formula is C8H11NO3. The van der Waals surface area contributed by atoms with E-state index in [0.717, 1.165) is 0 Å². The third-order valence-electron chi connectivity index (χ3n) is 1.34. The van der Waals surface area contributed by atoms with Crippen molar-refractivity contribution in [1.29, 1.82) is 0 Å². The van der Waals surface area contributed by atoms with Crippen LogP contribution in [0, 0.1) is 0 Å². The summed E-state index contributed by atoms with van der Waals surface area (Å²) in [5.41, 5.74) is 0.244. The van der Waals surface area contributed by atoms with Crippen LogP contribution in [0.15, 0.2) is 10.7 Å². The molecule has 0 unspecified atom stereocenters. The van der Waals surface area contributed by atoms with Gasteiger partial charge in [-0.05, 0) is 6.92 Å². The third-order valence-corrected chi connectivity index (χ3v) is 1.34. The number of hydrogen-bond acceptors (Lipinski definition) is 4. The van der Waals surface area contributed by atoms with Crippen LogP contribution < -0.4 is 0 Å². The van der Waals surface area contributed by atoms with Gasteiger partial charge in [0.15, 0.2) is 11.6 Å². The molecule has 0 aliphatic rings. The Morgan fingerprint density at radius 2 is 2.42 bits per heavy atom. The number of nitrogens with zero attached hydrogens (tertiary/aromatic N) is 1. The first-order valence-corrected chi connectivity index (χ1v) is 3.89. The minimum absolute atomic E-state index is 0.244. The second-order valence-corrected chi connectivity index (χ2v) is 2.20. The van der Waals surface area contributed by atoms with Crippen LogP contribution in [-0.2, 0) is 11.2 Å². The maximum absolute atomic E-state index is 11.0. The van der Waals surface area contributed by atoms with Gasteiger partial charge in [-0.25, -0.2) is 9.78 Å². The summed E-state index contributed by atoms with van der Waals surface area (Å²) in [5, 5.41) is 0. The van der Waals surface area contributed by atoms with E-state index in [-0.39, 0.29) is 5.69 Å². The molecule has 0 spiro atoms. The highest BCUT2D eigenvalue weighted by atomic mass is 16.5. The Labute approximate surface area is 70.5 Å². The van der Waals surface area contributed by atoms with Crippen molar-refractivity contribution in [1.82, 2.24) is 4.98 Å². The maximum atomic E-state index is 11.0. The summed E-state index contributed by atoms with van der Waals surface area (Å²) in [6.45, 7) is 4.01. The van der Waals surface area contributed by atoms with E-state index in [1.54, 1.807) is 6.92 Å². The summed E-state index contributed by atoms with van der Waals surface area (Å²) in [6, 6.07) is 0. The van der Waals surface area contributed by atoms with Crippen LogP contribution in [0.2, 0.25) is 0 Å². The minimum atomic E-state index is -0.430. The highest BCUT2D eigenvalue weighted by molar-refractivity contribution is 5.86. The zero-order valence-electron chi connectivity index (χ0n) is 7.16. The Balaban J connectivity index is 2.68. The van der Waals surface area contributed by atoms with Gasteiger partial charge in [-0.3, -0.25) is 0 Å².